The summed E-state index contributed by atoms with van der Waals surface area (Å²) in [6, 6.07) is 8.69. The Morgan fingerprint density at radius 1 is 1.16 bits per heavy atom. The quantitative estimate of drug-likeness (QED) is 0.565. The smallest absolute Gasteiger partial charge is 0.358 e. The van der Waals surface area contributed by atoms with Gasteiger partial charge in [0, 0.05) is 6.61 Å². The number of unbranched alkanes of at least 4 members (excludes halogenated alkanes) is 3. The van der Waals surface area contributed by atoms with Crippen molar-refractivity contribution in [1.29, 1.82) is 0 Å². The van der Waals surface area contributed by atoms with Crippen molar-refractivity contribution in [2.75, 3.05) is 6.61 Å². The molecule has 0 aliphatic heterocycles. The van der Waals surface area contributed by atoms with Gasteiger partial charge in [0.05, 0.1) is 0 Å². The minimum absolute atomic E-state index is 0.358. The van der Waals surface area contributed by atoms with E-state index in [2.05, 4.69) is 6.92 Å². The summed E-state index contributed by atoms with van der Waals surface area (Å²) < 4.78 is 17.3. The van der Waals surface area contributed by atoms with Gasteiger partial charge in [0.15, 0.2) is 5.34 Å². The molecule has 108 valence electrons. The number of ether oxygens (including phenoxy) is 1. The molecular weight excluding hydrogens is 263 g/mol. The van der Waals surface area contributed by atoms with Gasteiger partial charge in [0.25, 0.3) is 0 Å². The molecule has 0 aromatic heterocycles. The zero-order valence-electron chi connectivity index (χ0n) is 11.6. The van der Waals surface area contributed by atoms with E-state index in [1.807, 2.05) is 6.07 Å². The molecule has 19 heavy (non-hydrogen) atoms. The molecule has 0 radical (unpaired) electrons. The normalized spacial score (nSPS) is 15.2. The van der Waals surface area contributed by atoms with Gasteiger partial charge in [-0.3, -0.25) is 4.57 Å². The molecule has 1 rings (SSSR count). The summed E-state index contributed by atoms with van der Waals surface area (Å²) in [5.74, 6) is 0. The fourth-order valence-electron chi connectivity index (χ4n) is 1.88. The molecule has 0 saturated heterocycles. The van der Waals surface area contributed by atoms with Crippen molar-refractivity contribution >= 4 is 7.60 Å². The highest BCUT2D eigenvalue weighted by Crippen LogP contribution is 2.57. The zero-order chi connectivity index (χ0) is 14.4. The fraction of sp³-hybridized carbons (Fsp3) is 0.571. The molecule has 0 heterocycles. The first kappa shape index (κ1) is 16.4. The molecule has 0 aliphatic rings. The van der Waals surface area contributed by atoms with Gasteiger partial charge in [0.1, 0.15) is 0 Å². The first-order chi connectivity index (χ1) is 8.92. The van der Waals surface area contributed by atoms with Crippen LogP contribution in [0.5, 0.6) is 0 Å². The lowest BCUT2D eigenvalue weighted by Gasteiger charge is -2.31. The van der Waals surface area contributed by atoms with E-state index >= 15 is 0 Å². The van der Waals surface area contributed by atoms with E-state index in [9.17, 15) is 14.4 Å². The second-order valence-electron chi connectivity index (χ2n) is 4.80. The molecule has 4 nitrogen and oxygen atoms in total. The van der Waals surface area contributed by atoms with Crippen LogP contribution in [0.4, 0.5) is 0 Å². The van der Waals surface area contributed by atoms with Crippen LogP contribution in [0.25, 0.3) is 0 Å². The predicted octanol–water partition coefficient (Wildman–Crippen LogP) is 3.63. The Labute approximate surface area is 115 Å². The monoisotopic (exact) mass is 286 g/mol. The molecule has 0 saturated carbocycles. The zero-order valence-corrected chi connectivity index (χ0v) is 12.5. The predicted molar refractivity (Wildman–Crippen MR) is 75.9 cm³/mol. The van der Waals surface area contributed by atoms with Gasteiger partial charge in [-0.1, -0.05) is 56.5 Å². The van der Waals surface area contributed by atoms with Gasteiger partial charge < -0.3 is 14.5 Å². The molecule has 0 fully saturated rings. The average Bonchev–Trinajstić information content (AvgIpc) is 2.38. The van der Waals surface area contributed by atoms with Gasteiger partial charge in [-0.2, -0.15) is 0 Å². The number of benzene rings is 1. The van der Waals surface area contributed by atoms with E-state index in [0.717, 1.165) is 25.7 Å². The SMILES string of the molecule is CCCCCCOC(C)(c1ccccc1)P(=O)(O)O. The van der Waals surface area contributed by atoms with Gasteiger partial charge in [-0.15, -0.1) is 0 Å². The molecule has 1 aromatic carbocycles. The van der Waals surface area contributed by atoms with E-state index < -0.39 is 12.9 Å². The fourth-order valence-corrected chi connectivity index (χ4v) is 2.63. The van der Waals surface area contributed by atoms with Crippen LogP contribution in [-0.2, 0) is 14.6 Å². The highest BCUT2D eigenvalue weighted by atomic mass is 31.2. The minimum atomic E-state index is -4.39. The lowest BCUT2D eigenvalue weighted by atomic mass is 10.1. The van der Waals surface area contributed by atoms with Crippen LogP contribution in [0.2, 0.25) is 0 Å². The summed E-state index contributed by atoms with van der Waals surface area (Å²) in [6.45, 7) is 3.93. The Bertz CT molecular complexity index is 415. The summed E-state index contributed by atoms with van der Waals surface area (Å²) >= 11 is 0. The van der Waals surface area contributed by atoms with Gasteiger partial charge in [0.2, 0.25) is 0 Å². The van der Waals surface area contributed by atoms with Crippen LogP contribution < -0.4 is 0 Å². The molecule has 0 amide bonds. The maximum Gasteiger partial charge on any atom is 0.361 e. The van der Waals surface area contributed by atoms with E-state index in [4.69, 9.17) is 4.74 Å². The summed E-state index contributed by atoms with van der Waals surface area (Å²) in [5.41, 5.74) is 0.513. The highest BCUT2D eigenvalue weighted by Gasteiger charge is 2.45. The summed E-state index contributed by atoms with van der Waals surface area (Å²) in [7, 11) is -4.39. The molecule has 2 N–H and O–H groups in total. The van der Waals surface area contributed by atoms with E-state index in [1.54, 1.807) is 24.3 Å². The standard InChI is InChI=1S/C14H23O4P/c1-3-4-5-9-12-18-14(2,19(15,16)17)13-10-7-6-8-11-13/h6-8,10-11H,3-5,9,12H2,1-2H3,(H2,15,16,17). The molecule has 0 aliphatic carbocycles. The highest BCUT2D eigenvalue weighted by molar-refractivity contribution is 7.52. The maximum absolute atomic E-state index is 11.7. The molecule has 0 bridgehead atoms. The Morgan fingerprint density at radius 2 is 1.79 bits per heavy atom. The lowest BCUT2D eigenvalue weighted by molar-refractivity contribution is 0.00656. The van der Waals surface area contributed by atoms with Crippen molar-refractivity contribution in [3.05, 3.63) is 35.9 Å². The lowest BCUT2D eigenvalue weighted by Crippen LogP contribution is -2.26. The van der Waals surface area contributed by atoms with Crippen molar-refractivity contribution in [1.82, 2.24) is 0 Å². The molecule has 5 heteroatoms. The number of rotatable bonds is 8. The van der Waals surface area contributed by atoms with Gasteiger partial charge in [-0.05, 0) is 18.9 Å². The third-order valence-electron chi connectivity index (χ3n) is 3.25. The third kappa shape index (κ3) is 4.43. The van der Waals surface area contributed by atoms with E-state index in [-0.39, 0.29) is 0 Å². The maximum atomic E-state index is 11.7. The van der Waals surface area contributed by atoms with Crippen molar-refractivity contribution < 1.29 is 19.1 Å². The van der Waals surface area contributed by atoms with Crippen LogP contribution >= 0.6 is 7.60 Å². The van der Waals surface area contributed by atoms with Crippen LogP contribution in [0.1, 0.15) is 45.1 Å². The third-order valence-corrected chi connectivity index (χ3v) is 4.75. The van der Waals surface area contributed by atoms with Crippen LogP contribution in [0.3, 0.4) is 0 Å². The molecular formula is C14H23O4P. The Balaban J connectivity index is 2.76. The number of hydrogen-bond acceptors (Lipinski definition) is 2. The van der Waals surface area contributed by atoms with Crippen molar-refractivity contribution in [3.63, 3.8) is 0 Å². The van der Waals surface area contributed by atoms with E-state index in [1.165, 1.54) is 6.92 Å². The summed E-state index contributed by atoms with van der Waals surface area (Å²) in [5, 5.41) is -1.56. The first-order valence-corrected chi connectivity index (χ1v) is 8.28. The Morgan fingerprint density at radius 3 is 2.32 bits per heavy atom. The van der Waals surface area contributed by atoms with Gasteiger partial charge >= 0.3 is 7.60 Å². The molecule has 1 atom stereocenters. The molecule has 1 unspecified atom stereocenters. The minimum Gasteiger partial charge on any atom is -0.358 e. The summed E-state index contributed by atoms with van der Waals surface area (Å²) in [4.78, 5) is 19.2. The average molecular weight is 286 g/mol. The van der Waals surface area contributed by atoms with E-state index in [0.29, 0.717) is 12.2 Å². The number of hydrogen-bond donors (Lipinski definition) is 2. The topological polar surface area (TPSA) is 66.8 Å². The molecule has 1 aromatic rings. The van der Waals surface area contributed by atoms with Crippen molar-refractivity contribution in [2.24, 2.45) is 0 Å². The van der Waals surface area contributed by atoms with Crippen LogP contribution in [0, 0.1) is 0 Å². The van der Waals surface area contributed by atoms with Crippen LogP contribution in [0.15, 0.2) is 30.3 Å². The largest absolute Gasteiger partial charge is 0.361 e. The van der Waals surface area contributed by atoms with Crippen molar-refractivity contribution in [3.8, 4) is 0 Å². The Kier molecular flexibility index (Phi) is 6.21. The summed E-state index contributed by atoms with van der Waals surface area (Å²) in [6.07, 6.45) is 4.06. The second kappa shape index (κ2) is 7.20. The second-order valence-corrected chi connectivity index (χ2v) is 6.74. The van der Waals surface area contributed by atoms with Crippen molar-refractivity contribution in [2.45, 2.75) is 44.9 Å². The first-order valence-electron chi connectivity index (χ1n) is 6.67. The molecule has 0 spiro atoms. The Hall–Kier alpha value is -0.670. The van der Waals surface area contributed by atoms with Gasteiger partial charge in [-0.25, -0.2) is 0 Å². The van der Waals surface area contributed by atoms with Crippen LogP contribution in [-0.4, -0.2) is 16.4 Å².